The average molecular weight is 390 g/mol. The Hall–Kier alpha value is -2.85. The van der Waals surface area contributed by atoms with Crippen molar-refractivity contribution in [1.82, 2.24) is 5.32 Å². The van der Waals surface area contributed by atoms with Crippen LogP contribution in [0.1, 0.15) is 32.4 Å². The predicted octanol–water partition coefficient (Wildman–Crippen LogP) is 5.92. The van der Waals surface area contributed by atoms with Gasteiger partial charge in [-0.25, -0.2) is 4.79 Å². The van der Waals surface area contributed by atoms with Crippen molar-refractivity contribution in [1.29, 1.82) is 0 Å². The molecule has 0 radical (unpaired) electrons. The highest BCUT2D eigenvalue weighted by atomic mass is 32.1. The van der Waals surface area contributed by atoms with E-state index in [2.05, 4.69) is 61.6 Å². The molecule has 1 N–H and O–H groups in total. The minimum absolute atomic E-state index is 0.0881. The summed E-state index contributed by atoms with van der Waals surface area (Å²) in [6.07, 6.45) is 3.61. The summed E-state index contributed by atoms with van der Waals surface area (Å²) in [5, 5.41) is 2.81. The summed E-state index contributed by atoms with van der Waals surface area (Å²) >= 11 is 1.78. The Labute approximate surface area is 169 Å². The van der Waals surface area contributed by atoms with Gasteiger partial charge in [0, 0.05) is 22.2 Å². The fourth-order valence-corrected chi connectivity index (χ4v) is 4.71. The molecule has 4 rings (SSSR count). The van der Waals surface area contributed by atoms with E-state index >= 15 is 0 Å². The van der Waals surface area contributed by atoms with Gasteiger partial charge in [-0.05, 0) is 47.7 Å². The lowest BCUT2D eigenvalue weighted by Gasteiger charge is -2.14. The smallest absolute Gasteiger partial charge is 0.407 e. The van der Waals surface area contributed by atoms with Crippen molar-refractivity contribution < 1.29 is 9.53 Å². The van der Waals surface area contributed by atoms with Crippen LogP contribution in [0.2, 0.25) is 0 Å². The SMILES string of the molecule is Cc1cc(C=CCNC(=O)OCC2c3ccccc3-c3ccccc32)c(C)s1. The molecule has 1 aromatic heterocycles. The second-order valence-corrected chi connectivity index (χ2v) is 8.44. The monoisotopic (exact) mass is 389 g/mol. The third kappa shape index (κ3) is 3.73. The molecule has 1 heterocycles. The van der Waals surface area contributed by atoms with Crippen molar-refractivity contribution in [3.05, 3.63) is 87.1 Å². The highest BCUT2D eigenvalue weighted by Gasteiger charge is 2.28. The summed E-state index contributed by atoms with van der Waals surface area (Å²) in [5.74, 6) is 0.0881. The zero-order chi connectivity index (χ0) is 19.5. The number of alkyl carbamates (subject to hydrolysis) is 1. The van der Waals surface area contributed by atoms with Crippen LogP contribution in [0, 0.1) is 13.8 Å². The lowest BCUT2D eigenvalue weighted by atomic mass is 9.98. The van der Waals surface area contributed by atoms with E-state index in [1.165, 1.54) is 37.6 Å². The fourth-order valence-electron chi connectivity index (χ4n) is 3.79. The van der Waals surface area contributed by atoms with Crippen molar-refractivity contribution in [2.75, 3.05) is 13.2 Å². The van der Waals surface area contributed by atoms with Gasteiger partial charge in [0.2, 0.25) is 0 Å². The molecule has 4 heteroatoms. The first-order chi connectivity index (χ1) is 13.6. The number of thiophene rings is 1. The molecule has 1 aliphatic rings. The third-order valence-corrected chi connectivity index (χ3v) is 6.07. The normalized spacial score (nSPS) is 12.8. The van der Waals surface area contributed by atoms with Crippen LogP contribution in [0.5, 0.6) is 0 Å². The standard InChI is InChI=1S/C24H23NO2S/c1-16-14-18(17(2)28-16)8-7-13-25-24(26)27-15-23-21-11-5-3-9-19(21)20-10-4-6-12-22(20)23/h3-12,14,23H,13,15H2,1-2H3,(H,25,26). The van der Waals surface area contributed by atoms with Crippen molar-refractivity contribution in [2.24, 2.45) is 0 Å². The lowest BCUT2D eigenvalue weighted by molar-refractivity contribution is 0.144. The molecule has 28 heavy (non-hydrogen) atoms. The van der Waals surface area contributed by atoms with Crippen LogP contribution in [0.15, 0.2) is 60.7 Å². The Bertz CT molecular complexity index is 989. The first-order valence-electron chi connectivity index (χ1n) is 9.46. The van der Waals surface area contributed by atoms with E-state index < -0.39 is 0 Å². The van der Waals surface area contributed by atoms with Crippen LogP contribution in [0.4, 0.5) is 4.79 Å². The maximum atomic E-state index is 12.1. The minimum Gasteiger partial charge on any atom is -0.449 e. The number of aryl methyl sites for hydroxylation is 2. The van der Waals surface area contributed by atoms with Crippen LogP contribution in [-0.4, -0.2) is 19.2 Å². The highest BCUT2D eigenvalue weighted by molar-refractivity contribution is 7.12. The molecular weight excluding hydrogens is 366 g/mol. The maximum absolute atomic E-state index is 12.1. The summed E-state index contributed by atoms with van der Waals surface area (Å²) in [7, 11) is 0. The Morgan fingerprint density at radius 3 is 2.32 bits per heavy atom. The molecule has 0 saturated heterocycles. The van der Waals surface area contributed by atoms with E-state index in [0.717, 1.165) is 0 Å². The van der Waals surface area contributed by atoms with Crippen LogP contribution in [0.3, 0.4) is 0 Å². The maximum Gasteiger partial charge on any atom is 0.407 e. The second kappa shape index (κ2) is 8.03. The van der Waals surface area contributed by atoms with Crippen LogP contribution in [-0.2, 0) is 4.74 Å². The van der Waals surface area contributed by atoms with Crippen LogP contribution >= 0.6 is 11.3 Å². The molecule has 0 unspecified atom stereocenters. The second-order valence-electron chi connectivity index (χ2n) is 6.98. The van der Waals surface area contributed by atoms with Gasteiger partial charge in [-0.2, -0.15) is 0 Å². The summed E-state index contributed by atoms with van der Waals surface area (Å²) < 4.78 is 5.54. The van der Waals surface area contributed by atoms with E-state index in [-0.39, 0.29) is 12.0 Å². The molecule has 1 aliphatic carbocycles. The van der Waals surface area contributed by atoms with Crippen molar-refractivity contribution in [3.63, 3.8) is 0 Å². The predicted molar refractivity (Wildman–Crippen MR) is 116 cm³/mol. The Kier molecular flexibility index (Phi) is 5.31. The summed E-state index contributed by atoms with van der Waals surface area (Å²) in [6, 6.07) is 18.8. The molecular formula is C24H23NO2S. The van der Waals surface area contributed by atoms with Crippen molar-refractivity contribution in [3.8, 4) is 11.1 Å². The average Bonchev–Trinajstić information content (AvgIpc) is 3.20. The van der Waals surface area contributed by atoms with E-state index in [1.54, 1.807) is 11.3 Å². The number of hydrogen-bond donors (Lipinski definition) is 1. The third-order valence-electron chi connectivity index (χ3n) is 5.08. The zero-order valence-corrected chi connectivity index (χ0v) is 16.9. The Balaban J connectivity index is 1.34. The molecule has 2 aromatic carbocycles. The molecule has 0 aliphatic heterocycles. The van der Waals surface area contributed by atoms with Crippen molar-refractivity contribution >= 4 is 23.5 Å². The topological polar surface area (TPSA) is 38.3 Å². The van der Waals surface area contributed by atoms with Gasteiger partial charge in [0.1, 0.15) is 6.61 Å². The van der Waals surface area contributed by atoms with E-state index in [9.17, 15) is 4.79 Å². The van der Waals surface area contributed by atoms with Gasteiger partial charge in [-0.15, -0.1) is 11.3 Å². The number of ether oxygens (including phenoxy) is 1. The van der Waals surface area contributed by atoms with Gasteiger partial charge in [0.05, 0.1) is 0 Å². The van der Waals surface area contributed by atoms with E-state index in [1.807, 2.05) is 24.3 Å². The molecule has 0 spiro atoms. The minimum atomic E-state index is -0.385. The first kappa shape index (κ1) is 18.5. The van der Waals surface area contributed by atoms with E-state index in [4.69, 9.17) is 4.74 Å². The Morgan fingerprint density at radius 1 is 1.07 bits per heavy atom. The molecule has 0 bridgehead atoms. The van der Waals surface area contributed by atoms with Gasteiger partial charge in [-0.1, -0.05) is 60.7 Å². The van der Waals surface area contributed by atoms with E-state index in [0.29, 0.717) is 13.2 Å². The molecule has 1 amide bonds. The summed E-state index contributed by atoms with van der Waals surface area (Å²) in [5.41, 5.74) is 6.11. The van der Waals surface area contributed by atoms with Gasteiger partial charge in [-0.3, -0.25) is 0 Å². The number of hydrogen-bond acceptors (Lipinski definition) is 3. The molecule has 0 atom stereocenters. The zero-order valence-electron chi connectivity index (χ0n) is 16.1. The number of amides is 1. The van der Waals surface area contributed by atoms with Crippen molar-refractivity contribution in [2.45, 2.75) is 19.8 Å². The fraction of sp³-hybridized carbons (Fsp3) is 0.208. The highest BCUT2D eigenvalue weighted by Crippen LogP contribution is 2.44. The number of carbonyl (C=O) groups excluding carboxylic acids is 1. The molecule has 3 nitrogen and oxygen atoms in total. The van der Waals surface area contributed by atoms with Gasteiger partial charge >= 0.3 is 6.09 Å². The van der Waals surface area contributed by atoms with Gasteiger partial charge in [0.15, 0.2) is 0 Å². The lowest BCUT2D eigenvalue weighted by Crippen LogP contribution is -2.26. The molecule has 0 saturated carbocycles. The number of benzene rings is 2. The number of rotatable bonds is 5. The summed E-state index contributed by atoms with van der Waals surface area (Å²) in [4.78, 5) is 14.7. The molecule has 3 aromatic rings. The Morgan fingerprint density at radius 2 is 1.71 bits per heavy atom. The molecule has 142 valence electrons. The number of carbonyl (C=O) groups is 1. The van der Waals surface area contributed by atoms with Gasteiger partial charge in [0.25, 0.3) is 0 Å². The quantitative estimate of drug-likeness (QED) is 0.588. The first-order valence-corrected chi connectivity index (χ1v) is 10.3. The molecule has 0 fully saturated rings. The number of nitrogens with one attached hydrogen (secondary N) is 1. The number of fused-ring (bicyclic) bond motifs is 3. The largest absolute Gasteiger partial charge is 0.449 e. The van der Waals surface area contributed by atoms with Crippen LogP contribution in [0.25, 0.3) is 17.2 Å². The summed E-state index contributed by atoms with van der Waals surface area (Å²) in [6.45, 7) is 5.00. The van der Waals surface area contributed by atoms with Crippen LogP contribution < -0.4 is 5.32 Å². The van der Waals surface area contributed by atoms with Gasteiger partial charge < -0.3 is 10.1 Å².